The van der Waals surface area contributed by atoms with Crippen molar-refractivity contribution in [1.29, 1.82) is 0 Å². The van der Waals surface area contributed by atoms with Gasteiger partial charge in [0.15, 0.2) is 0 Å². The van der Waals surface area contributed by atoms with Crippen molar-refractivity contribution in [2.24, 2.45) is 7.05 Å². The lowest BCUT2D eigenvalue weighted by Crippen LogP contribution is -2.04. The van der Waals surface area contributed by atoms with Crippen LogP contribution < -0.4 is 11.1 Å². The zero-order valence-electron chi connectivity index (χ0n) is 9.87. The van der Waals surface area contributed by atoms with Gasteiger partial charge in [-0.2, -0.15) is 5.10 Å². The minimum Gasteiger partial charge on any atom is -0.396 e. The fraction of sp³-hybridized carbons (Fsp3) is 0.250. The summed E-state index contributed by atoms with van der Waals surface area (Å²) in [6, 6.07) is 5.56. The Morgan fingerprint density at radius 1 is 1.47 bits per heavy atom. The third-order valence-electron chi connectivity index (χ3n) is 2.86. The second kappa shape index (κ2) is 4.67. The Morgan fingerprint density at radius 3 is 2.88 bits per heavy atom. The lowest BCUT2D eigenvalue weighted by atomic mass is 10.2. The van der Waals surface area contributed by atoms with E-state index < -0.39 is 0 Å². The van der Waals surface area contributed by atoms with Crippen LogP contribution in [-0.4, -0.2) is 9.78 Å². The largest absolute Gasteiger partial charge is 0.396 e. The van der Waals surface area contributed by atoms with Crippen molar-refractivity contribution in [1.82, 2.24) is 9.78 Å². The molecule has 0 aliphatic heterocycles. The minimum atomic E-state index is 0.568. The number of nitrogens with zero attached hydrogens (tertiary/aromatic N) is 2. The van der Waals surface area contributed by atoms with E-state index >= 15 is 0 Å². The molecule has 0 aliphatic rings. The molecule has 3 N–H and O–H groups in total. The van der Waals surface area contributed by atoms with Crippen molar-refractivity contribution in [2.45, 2.75) is 13.5 Å². The highest BCUT2D eigenvalue weighted by Crippen LogP contribution is 2.27. The van der Waals surface area contributed by atoms with Gasteiger partial charge in [0.05, 0.1) is 22.6 Å². The summed E-state index contributed by atoms with van der Waals surface area (Å²) in [5, 5.41) is 8.02. The van der Waals surface area contributed by atoms with Gasteiger partial charge >= 0.3 is 0 Å². The van der Waals surface area contributed by atoms with Gasteiger partial charge in [-0.1, -0.05) is 17.7 Å². The van der Waals surface area contributed by atoms with Crippen LogP contribution >= 0.6 is 11.6 Å². The van der Waals surface area contributed by atoms with Crippen LogP contribution in [0.5, 0.6) is 0 Å². The van der Waals surface area contributed by atoms with Crippen LogP contribution in [0.15, 0.2) is 24.4 Å². The molecule has 1 aromatic heterocycles. The SMILES string of the molecule is Cc1c(CNc2cccc(Cl)c2N)cnn1C. The molecule has 0 saturated heterocycles. The highest BCUT2D eigenvalue weighted by atomic mass is 35.5. The van der Waals surface area contributed by atoms with Crippen molar-refractivity contribution >= 4 is 23.0 Å². The van der Waals surface area contributed by atoms with Crippen LogP contribution in [0.3, 0.4) is 0 Å². The molecule has 0 unspecified atom stereocenters. The monoisotopic (exact) mass is 250 g/mol. The number of nitrogens with two attached hydrogens (primary N) is 1. The third-order valence-corrected chi connectivity index (χ3v) is 3.19. The third kappa shape index (κ3) is 2.36. The highest BCUT2D eigenvalue weighted by molar-refractivity contribution is 6.33. The van der Waals surface area contributed by atoms with Crippen LogP contribution in [-0.2, 0) is 13.6 Å². The quantitative estimate of drug-likeness (QED) is 0.824. The molecule has 1 heterocycles. The van der Waals surface area contributed by atoms with Gasteiger partial charge in [-0.05, 0) is 19.1 Å². The molecule has 0 radical (unpaired) electrons. The molecule has 1 aromatic carbocycles. The molecule has 0 aliphatic carbocycles. The summed E-state index contributed by atoms with van der Waals surface area (Å²) in [7, 11) is 1.92. The van der Waals surface area contributed by atoms with Gasteiger partial charge in [-0.15, -0.1) is 0 Å². The smallest absolute Gasteiger partial charge is 0.0739 e. The molecule has 0 saturated carbocycles. The van der Waals surface area contributed by atoms with E-state index in [4.69, 9.17) is 17.3 Å². The molecule has 0 atom stereocenters. The molecule has 0 spiro atoms. The fourth-order valence-corrected chi connectivity index (χ4v) is 1.77. The summed E-state index contributed by atoms with van der Waals surface area (Å²) in [5.41, 5.74) is 9.58. The molecule has 17 heavy (non-hydrogen) atoms. The molecule has 2 aromatic rings. The second-order valence-electron chi connectivity index (χ2n) is 3.93. The van der Waals surface area contributed by atoms with Gasteiger partial charge in [0, 0.05) is 24.8 Å². The average Bonchev–Trinajstić information content (AvgIpc) is 2.62. The predicted octanol–water partition coefficient (Wildman–Crippen LogP) is 2.58. The van der Waals surface area contributed by atoms with E-state index in [1.165, 1.54) is 0 Å². The maximum absolute atomic E-state index is 5.95. The molecular weight excluding hydrogens is 236 g/mol. The van der Waals surface area contributed by atoms with Gasteiger partial charge in [-0.25, -0.2) is 0 Å². The molecule has 5 heteroatoms. The first-order chi connectivity index (χ1) is 8.09. The Labute approximate surface area is 105 Å². The van der Waals surface area contributed by atoms with Gasteiger partial charge in [0.1, 0.15) is 0 Å². The van der Waals surface area contributed by atoms with Gasteiger partial charge in [0.25, 0.3) is 0 Å². The molecule has 90 valence electrons. The molecular formula is C12H15ClN4. The minimum absolute atomic E-state index is 0.568. The standard InChI is InChI=1S/C12H15ClN4/c1-8-9(7-16-17(8)2)6-15-11-5-3-4-10(13)12(11)14/h3-5,7,15H,6,14H2,1-2H3. The Hall–Kier alpha value is -1.68. The highest BCUT2D eigenvalue weighted by Gasteiger charge is 2.05. The molecule has 4 nitrogen and oxygen atoms in total. The van der Waals surface area contributed by atoms with E-state index in [0.717, 1.165) is 16.9 Å². The van der Waals surface area contributed by atoms with Crippen molar-refractivity contribution in [3.63, 3.8) is 0 Å². The first kappa shape index (κ1) is 11.8. The Morgan fingerprint density at radius 2 is 2.24 bits per heavy atom. The van der Waals surface area contributed by atoms with Crippen molar-refractivity contribution in [3.8, 4) is 0 Å². The van der Waals surface area contributed by atoms with Gasteiger partial charge < -0.3 is 11.1 Å². The number of rotatable bonds is 3. The number of benzene rings is 1. The van der Waals surface area contributed by atoms with E-state index in [1.54, 1.807) is 6.07 Å². The number of nitrogen functional groups attached to an aromatic ring is 1. The molecule has 2 rings (SSSR count). The number of anilines is 2. The summed E-state index contributed by atoms with van der Waals surface area (Å²) in [4.78, 5) is 0. The number of halogens is 1. The number of aromatic nitrogens is 2. The zero-order chi connectivity index (χ0) is 12.4. The maximum Gasteiger partial charge on any atom is 0.0739 e. The van der Waals surface area contributed by atoms with Gasteiger partial charge in [0.2, 0.25) is 0 Å². The van der Waals surface area contributed by atoms with Crippen LogP contribution in [0.2, 0.25) is 5.02 Å². The van der Waals surface area contributed by atoms with E-state index in [9.17, 15) is 0 Å². The lowest BCUT2D eigenvalue weighted by Gasteiger charge is -2.09. The summed E-state index contributed by atoms with van der Waals surface area (Å²) < 4.78 is 1.85. The van der Waals surface area contributed by atoms with Crippen LogP contribution in [0.1, 0.15) is 11.3 Å². The van der Waals surface area contributed by atoms with Gasteiger partial charge in [-0.3, -0.25) is 4.68 Å². The Balaban J connectivity index is 2.13. The fourth-order valence-electron chi connectivity index (χ4n) is 1.60. The number of hydrogen-bond donors (Lipinski definition) is 2. The first-order valence-corrected chi connectivity index (χ1v) is 5.72. The van der Waals surface area contributed by atoms with Crippen molar-refractivity contribution in [3.05, 3.63) is 40.7 Å². The Kier molecular flexibility index (Phi) is 3.24. The summed E-state index contributed by atoms with van der Waals surface area (Å²) in [5.74, 6) is 0. The van der Waals surface area contributed by atoms with E-state index in [0.29, 0.717) is 17.3 Å². The number of nitrogens with one attached hydrogen (secondary N) is 1. The second-order valence-corrected chi connectivity index (χ2v) is 4.34. The van der Waals surface area contributed by atoms with E-state index in [1.807, 2.05) is 37.0 Å². The predicted molar refractivity (Wildman–Crippen MR) is 71.1 cm³/mol. The molecule has 0 bridgehead atoms. The summed E-state index contributed by atoms with van der Waals surface area (Å²) in [6.45, 7) is 2.72. The van der Waals surface area contributed by atoms with Crippen molar-refractivity contribution in [2.75, 3.05) is 11.1 Å². The first-order valence-electron chi connectivity index (χ1n) is 5.35. The summed E-state index contributed by atoms with van der Waals surface area (Å²) >= 11 is 5.95. The number of hydrogen-bond acceptors (Lipinski definition) is 3. The maximum atomic E-state index is 5.95. The lowest BCUT2D eigenvalue weighted by molar-refractivity contribution is 0.738. The Bertz CT molecular complexity index is 533. The van der Waals surface area contributed by atoms with Crippen LogP contribution in [0.4, 0.5) is 11.4 Å². The van der Waals surface area contributed by atoms with Crippen LogP contribution in [0.25, 0.3) is 0 Å². The van der Waals surface area contributed by atoms with Crippen LogP contribution in [0, 0.1) is 6.92 Å². The topological polar surface area (TPSA) is 55.9 Å². The normalized spacial score (nSPS) is 10.5. The zero-order valence-corrected chi connectivity index (χ0v) is 10.6. The van der Waals surface area contributed by atoms with Crippen molar-refractivity contribution < 1.29 is 0 Å². The summed E-state index contributed by atoms with van der Waals surface area (Å²) in [6.07, 6.45) is 1.85. The van der Waals surface area contributed by atoms with E-state index in [2.05, 4.69) is 10.4 Å². The number of aryl methyl sites for hydroxylation is 1. The number of para-hydroxylation sites is 1. The van der Waals surface area contributed by atoms with E-state index in [-0.39, 0.29) is 0 Å². The molecule has 0 fully saturated rings. The average molecular weight is 251 g/mol. The molecule has 0 amide bonds.